The summed E-state index contributed by atoms with van der Waals surface area (Å²) in [5, 5.41) is 9.39. The molecule has 27 heavy (non-hydrogen) atoms. The first-order valence-corrected chi connectivity index (χ1v) is 9.11. The third-order valence-electron chi connectivity index (χ3n) is 3.44. The van der Waals surface area contributed by atoms with Gasteiger partial charge < -0.3 is 14.6 Å². The molecule has 0 bridgehead atoms. The Kier molecular flexibility index (Phi) is 6.69. The van der Waals surface area contributed by atoms with Crippen molar-refractivity contribution in [1.29, 1.82) is 0 Å². The lowest BCUT2D eigenvalue weighted by atomic mass is 9.99. The first kappa shape index (κ1) is 20.6. The Balaban J connectivity index is 2.59. The van der Waals surface area contributed by atoms with E-state index < -0.39 is 17.5 Å². The van der Waals surface area contributed by atoms with Gasteiger partial charge in [0.1, 0.15) is 16.8 Å². The molecular weight excluding hydrogens is 364 g/mol. The molecule has 0 aliphatic rings. The highest BCUT2D eigenvalue weighted by Gasteiger charge is 2.25. The lowest BCUT2D eigenvalue weighted by Crippen LogP contribution is -2.24. The van der Waals surface area contributed by atoms with Crippen LogP contribution in [0.3, 0.4) is 0 Å². The molecule has 5 nitrogen and oxygen atoms in total. The lowest BCUT2D eigenvalue weighted by molar-refractivity contribution is -0.135. The summed E-state index contributed by atoms with van der Waals surface area (Å²) in [4.78, 5) is 25.2. The number of hydrogen-bond acceptors (Lipinski definition) is 6. The van der Waals surface area contributed by atoms with Crippen LogP contribution >= 0.6 is 11.8 Å². The van der Waals surface area contributed by atoms with Gasteiger partial charge >= 0.3 is 11.9 Å². The second-order valence-corrected chi connectivity index (χ2v) is 7.72. The van der Waals surface area contributed by atoms with E-state index in [1.165, 1.54) is 7.11 Å². The number of ether oxygens (including phenoxy) is 2. The topological polar surface area (TPSA) is 72.8 Å². The first-order valence-electron chi connectivity index (χ1n) is 8.29. The highest BCUT2D eigenvalue weighted by atomic mass is 32.2. The minimum atomic E-state index is -0.692. The average Bonchev–Trinajstić information content (AvgIpc) is 2.64. The summed E-state index contributed by atoms with van der Waals surface area (Å²) in [6, 6.07) is 14.7. The number of esters is 2. The predicted molar refractivity (Wildman–Crippen MR) is 106 cm³/mol. The van der Waals surface area contributed by atoms with Crippen molar-refractivity contribution in [3.05, 3.63) is 65.3 Å². The Morgan fingerprint density at radius 3 is 2.26 bits per heavy atom. The third kappa shape index (κ3) is 5.37. The van der Waals surface area contributed by atoms with E-state index in [9.17, 15) is 14.7 Å². The van der Waals surface area contributed by atoms with Crippen LogP contribution in [0.15, 0.2) is 64.6 Å². The molecule has 0 fully saturated rings. The van der Waals surface area contributed by atoms with Crippen molar-refractivity contribution in [2.45, 2.75) is 31.3 Å². The van der Waals surface area contributed by atoms with Crippen molar-refractivity contribution in [3.63, 3.8) is 0 Å². The van der Waals surface area contributed by atoms with Crippen LogP contribution in [0.4, 0.5) is 0 Å². The van der Waals surface area contributed by atoms with E-state index in [0.717, 1.165) is 17.3 Å². The number of hydrogen-bond donors (Lipinski definition) is 1. The number of carbonyl (C=O) groups is 2. The second-order valence-electron chi connectivity index (χ2n) is 6.63. The molecular formula is C21H22O5S. The van der Waals surface area contributed by atoms with Crippen molar-refractivity contribution in [3.8, 4) is 11.1 Å². The summed E-state index contributed by atoms with van der Waals surface area (Å²) in [5.41, 5.74) is 1.16. The van der Waals surface area contributed by atoms with Crippen LogP contribution in [0.25, 0.3) is 11.1 Å². The Morgan fingerprint density at radius 2 is 1.70 bits per heavy atom. The minimum Gasteiger partial charge on any atom is -0.514 e. The molecule has 0 saturated carbocycles. The molecule has 0 unspecified atom stereocenters. The van der Waals surface area contributed by atoms with Gasteiger partial charge in [-0.1, -0.05) is 54.2 Å². The molecule has 142 valence electrons. The van der Waals surface area contributed by atoms with E-state index in [0.29, 0.717) is 22.3 Å². The van der Waals surface area contributed by atoms with E-state index in [4.69, 9.17) is 4.74 Å². The van der Waals surface area contributed by atoms with Crippen LogP contribution < -0.4 is 0 Å². The zero-order chi connectivity index (χ0) is 20.0. The molecule has 0 amide bonds. The zero-order valence-electron chi connectivity index (χ0n) is 15.7. The maximum Gasteiger partial charge on any atom is 0.347 e. The molecule has 0 spiro atoms. The van der Waals surface area contributed by atoms with E-state index in [1.807, 2.05) is 36.4 Å². The first-order chi connectivity index (χ1) is 12.8. The van der Waals surface area contributed by atoms with Crippen LogP contribution in [0.5, 0.6) is 0 Å². The van der Waals surface area contributed by atoms with E-state index in [2.05, 4.69) is 4.74 Å². The molecule has 0 aliphatic heterocycles. The number of thioether (sulfide) groups is 1. The zero-order valence-corrected chi connectivity index (χ0v) is 16.5. The molecule has 2 rings (SSSR count). The summed E-state index contributed by atoms with van der Waals surface area (Å²) in [6.07, 6.45) is 0.671. The SMILES string of the molecule is COC(=O)C(=CO)Sc1cccc(-c2ccccc2)c1C(=O)OC(C)(C)C. The molecule has 0 heterocycles. The molecule has 0 atom stereocenters. The van der Waals surface area contributed by atoms with Gasteiger partial charge in [0.15, 0.2) is 0 Å². The number of rotatable bonds is 5. The minimum absolute atomic E-state index is 0.0347. The van der Waals surface area contributed by atoms with Crippen molar-refractivity contribution in [2.24, 2.45) is 0 Å². The summed E-state index contributed by atoms with van der Waals surface area (Å²) >= 11 is 0.947. The molecule has 0 aliphatic carbocycles. The second kappa shape index (κ2) is 8.77. The monoisotopic (exact) mass is 386 g/mol. The smallest absolute Gasteiger partial charge is 0.347 e. The van der Waals surface area contributed by atoms with Crippen molar-refractivity contribution >= 4 is 23.7 Å². The van der Waals surface area contributed by atoms with Crippen molar-refractivity contribution in [1.82, 2.24) is 0 Å². The Labute approximate surface area is 163 Å². The fourth-order valence-electron chi connectivity index (χ4n) is 2.35. The molecule has 0 saturated heterocycles. The van der Waals surface area contributed by atoms with E-state index in [-0.39, 0.29) is 4.91 Å². The van der Waals surface area contributed by atoms with Gasteiger partial charge in [-0.15, -0.1) is 0 Å². The molecule has 2 aromatic carbocycles. The van der Waals surface area contributed by atoms with Gasteiger partial charge in [-0.2, -0.15) is 0 Å². The maximum absolute atomic E-state index is 13.0. The van der Waals surface area contributed by atoms with Crippen LogP contribution in [0.1, 0.15) is 31.1 Å². The van der Waals surface area contributed by atoms with Gasteiger partial charge in [-0.25, -0.2) is 9.59 Å². The largest absolute Gasteiger partial charge is 0.514 e. The van der Waals surface area contributed by atoms with Crippen LogP contribution in [0.2, 0.25) is 0 Å². The third-order valence-corrected chi connectivity index (χ3v) is 4.49. The maximum atomic E-state index is 13.0. The van der Waals surface area contributed by atoms with Gasteiger partial charge in [-0.3, -0.25) is 0 Å². The fraction of sp³-hybridized carbons (Fsp3) is 0.238. The Bertz CT molecular complexity index is 851. The molecule has 2 aromatic rings. The van der Waals surface area contributed by atoms with Gasteiger partial charge in [-0.05, 0) is 38.0 Å². The van der Waals surface area contributed by atoms with Gasteiger partial charge in [0, 0.05) is 4.90 Å². The number of methoxy groups -OCH3 is 1. The van der Waals surface area contributed by atoms with Crippen LogP contribution in [-0.4, -0.2) is 29.8 Å². The fourth-order valence-corrected chi connectivity index (χ4v) is 3.25. The Morgan fingerprint density at radius 1 is 1.04 bits per heavy atom. The molecule has 0 aromatic heterocycles. The summed E-state index contributed by atoms with van der Waals surface area (Å²) in [6.45, 7) is 5.36. The van der Waals surface area contributed by atoms with Crippen molar-refractivity contribution < 1.29 is 24.2 Å². The number of aliphatic hydroxyl groups excluding tert-OH is 1. The predicted octanol–water partition coefficient (Wildman–Crippen LogP) is 4.97. The highest BCUT2D eigenvalue weighted by Crippen LogP contribution is 2.36. The molecule has 0 radical (unpaired) electrons. The normalized spacial score (nSPS) is 11.8. The van der Waals surface area contributed by atoms with Gasteiger partial charge in [0.05, 0.1) is 12.7 Å². The number of benzene rings is 2. The average molecular weight is 386 g/mol. The number of carbonyl (C=O) groups excluding carboxylic acids is 2. The lowest BCUT2D eigenvalue weighted by Gasteiger charge is -2.22. The quantitative estimate of drug-likeness (QED) is 0.338. The summed E-state index contributed by atoms with van der Waals surface area (Å²) in [5.74, 6) is -1.20. The standard InChI is InChI=1S/C21H22O5S/c1-21(2,3)26-20(24)18-15(14-9-6-5-7-10-14)11-8-12-16(18)27-17(13-22)19(23)25-4/h5-13,22H,1-4H3. The van der Waals surface area contributed by atoms with Crippen molar-refractivity contribution in [2.75, 3.05) is 7.11 Å². The van der Waals surface area contributed by atoms with Gasteiger partial charge in [0.2, 0.25) is 0 Å². The van der Waals surface area contributed by atoms with E-state index >= 15 is 0 Å². The van der Waals surface area contributed by atoms with Crippen LogP contribution in [0, 0.1) is 0 Å². The summed E-state index contributed by atoms with van der Waals surface area (Å²) in [7, 11) is 1.22. The molecule has 6 heteroatoms. The van der Waals surface area contributed by atoms with E-state index in [1.54, 1.807) is 32.9 Å². The van der Waals surface area contributed by atoms with Gasteiger partial charge in [0.25, 0.3) is 0 Å². The Hall–Kier alpha value is -2.73. The molecule has 1 N–H and O–H groups in total. The number of aliphatic hydroxyl groups is 1. The summed E-state index contributed by atoms with van der Waals surface area (Å²) < 4.78 is 10.2. The van der Waals surface area contributed by atoms with Crippen LogP contribution in [-0.2, 0) is 14.3 Å². The highest BCUT2D eigenvalue weighted by molar-refractivity contribution is 8.04.